The smallest absolute Gasteiger partial charge is 0.119 e. The maximum Gasteiger partial charge on any atom is 0.119 e. The van der Waals surface area contributed by atoms with Gasteiger partial charge in [-0.2, -0.15) is 0 Å². The first-order chi connectivity index (χ1) is 6.41. The fraction of sp³-hybridized carbons (Fsp3) is 0.846. The van der Waals surface area contributed by atoms with Crippen molar-refractivity contribution in [2.45, 2.75) is 71.1 Å². The van der Waals surface area contributed by atoms with Crippen LogP contribution in [-0.4, -0.2) is 6.29 Å². The van der Waals surface area contributed by atoms with Crippen molar-refractivity contribution in [3.63, 3.8) is 0 Å². The molecule has 0 saturated carbocycles. The van der Waals surface area contributed by atoms with Crippen LogP contribution in [0.15, 0.2) is 0 Å². The summed E-state index contributed by atoms with van der Waals surface area (Å²) < 4.78 is 0. The average molecular weight is 196 g/mol. The highest BCUT2D eigenvalue weighted by molar-refractivity contribution is 5.48. The molecule has 0 spiro atoms. The van der Waals surface area contributed by atoms with E-state index >= 15 is 0 Å². The van der Waals surface area contributed by atoms with Gasteiger partial charge in [0, 0.05) is 13.8 Å². The minimum atomic E-state index is 0. The summed E-state index contributed by atoms with van der Waals surface area (Å²) in [5.41, 5.74) is 0. The maximum absolute atomic E-state index is 10.0. The summed E-state index contributed by atoms with van der Waals surface area (Å²) in [7, 11) is 0. The highest BCUT2D eigenvalue weighted by Crippen LogP contribution is 2.09. The molecular weight excluding hydrogens is 172 g/mol. The molecule has 82 valence electrons. The molecule has 0 heterocycles. The van der Waals surface area contributed by atoms with Crippen LogP contribution in [0.5, 0.6) is 0 Å². The van der Waals surface area contributed by atoms with Crippen LogP contribution < -0.4 is 0 Å². The lowest BCUT2D eigenvalue weighted by Crippen LogP contribution is -1.81. The van der Waals surface area contributed by atoms with E-state index in [2.05, 4.69) is 6.92 Å². The lowest BCUT2D eigenvalue weighted by atomic mass is 10.1. The van der Waals surface area contributed by atoms with Crippen molar-refractivity contribution in [3.8, 4) is 0 Å². The number of rotatable bonds is 10. The SMILES string of the molecule is CCCCCCCCCCCC=O.[C]. The highest BCUT2D eigenvalue weighted by Gasteiger charge is 1.91. The zero-order valence-corrected chi connectivity index (χ0v) is 9.56. The Morgan fingerprint density at radius 3 is 1.64 bits per heavy atom. The molecule has 14 heavy (non-hydrogen) atoms. The van der Waals surface area contributed by atoms with E-state index in [0.717, 1.165) is 19.1 Å². The van der Waals surface area contributed by atoms with Crippen LogP contribution >= 0.6 is 0 Å². The van der Waals surface area contributed by atoms with Crippen LogP contribution in [0.25, 0.3) is 0 Å². The minimum Gasteiger partial charge on any atom is -0.303 e. The number of carbonyl (C=O) groups is 1. The number of aldehydes is 1. The van der Waals surface area contributed by atoms with E-state index in [4.69, 9.17) is 0 Å². The Morgan fingerprint density at radius 1 is 0.786 bits per heavy atom. The Labute approximate surface area is 90.3 Å². The van der Waals surface area contributed by atoms with E-state index in [1.807, 2.05) is 0 Å². The highest BCUT2D eigenvalue weighted by atomic mass is 16.1. The maximum atomic E-state index is 10.0. The van der Waals surface area contributed by atoms with Gasteiger partial charge in [0.1, 0.15) is 6.29 Å². The molecular formula is C13H24O. The first-order valence-electron chi connectivity index (χ1n) is 5.85. The Balaban J connectivity index is 0. The predicted molar refractivity (Wildman–Crippen MR) is 61.2 cm³/mol. The Bertz CT molecular complexity index is 99.4. The van der Waals surface area contributed by atoms with Crippen LogP contribution in [0, 0.1) is 7.43 Å². The monoisotopic (exact) mass is 196 g/mol. The number of carbonyl (C=O) groups excluding carboxylic acids is 1. The third-order valence-electron chi connectivity index (χ3n) is 2.43. The van der Waals surface area contributed by atoms with Gasteiger partial charge in [0.15, 0.2) is 0 Å². The van der Waals surface area contributed by atoms with Gasteiger partial charge in [0.25, 0.3) is 0 Å². The third kappa shape index (κ3) is 14.2. The molecule has 0 aromatic rings. The molecule has 0 aromatic heterocycles. The first kappa shape index (κ1) is 16.1. The molecule has 0 aromatic carbocycles. The van der Waals surface area contributed by atoms with Gasteiger partial charge >= 0.3 is 0 Å². The Kier molecular flexibility index (Phi) is 17.4. The normalized spacial score (nSPS) is 9.50. The van der Waals surface area contributed by atoms with Crippen LogP contribution in [0.2, 0.25) is 0 Å². The van der Waals surface area contributed by atoms with Gasteiger partial charge in [-0.25, -0.2) is 0 Å². The summed E-state index contributed by atoms with van der Waals surface area (Å²) >= 11 is 0. The average Bonchev–Trinajstić information content (AvgIpc) is 2.16. The minimum absolute atomic E-state index is 0. The van der Waals surface area contributed by atoms with E-state index in [0.29, 0.717) is 0 Å². The van der Waals surface area contributed by atoms with Crippen molar-refractivity contribution in [1.82, 2.24) is 0 Å². The van der Waals surface area contributed by atoms with Crippen molar-refractivity contribution in [2.24, 2.45) is 0 Å². The largest absolute Gasteiger partial charge is 0.303 e. The molecule has 0 amide bonds. The second kappa shape index (κ2) is 15.2. The summed E-state index contributed by atoms with van der Waals surface area (Å²) in [5, 5.41) is 0. The van der Waals surface area contributed by atoms with Crippen LogP contribution in [-0.2, 0) is 4.79 Å². The number of hydrogen-bond donors (Lipinski definition) is 0. The lowest BCUT2D eigenvalue weighted by molar-refractivity contribution is -0.107. The van der Waals surface area contributed by atoms with Gasteiger partial charge < -0.3 is 4.79 Å². The number of hydrogen-bond acceptors (Lipinski definition) is 1. The number of unbranched alkanes of at least 4 members (excludes halogenated alkanes) is 9. The molecule has 0 atom stereocenters. The summed E-state index contributed by atoms with van der Waals surface area (Å²) in [6.07, 6.45) is 13.7. The Hall–Kier alpha value is -0.330. The van der Waals surface area contributed by atoms with E-state index in [-0.39, 0.29) is 7.43 Å². The lowest BCUT2D eigenvalue weighted by Gasteiger charge is -1.99. The summed E-state index contributed by atoms with van der Waals surface area (Å²) in [6.45, 7) is 2.25. The molecule has 0 N–H and O–H groups in total. The standard InChI is InChI=1S/C12H24O.C/c1-2-3-4-5-6-7-8-9-10-11-12-13;/h12H,2-11H2,1H3;. The van der Waals surface area contributed by atoms with Crippen molar-refractivity contribution < 1.29 is 4.79 Å². The van der Waals surface area contributed by atoms with Gasteiger partial charge in [-0.3, -0.25) is 0 Å². The fourth-order valence-electron chi connectivity index (χ4n) is 1.54. The molecule has 0 unspecified atom stereocenters. The molecule has 1 heteroatoms. The van der Waals surface area contributed by atoms with Crippen molar-refractivity contribution in [1.29, 1.82) is 0 Å². The van der Waals surface area contributed by atoms with E-state index in [9.17, 15) is 4.79 Å². The van der Waals surface area contributed by atoms with E-state index in [1.54, 1.807) is 0 Å². The topological polar surface area (TPSA) is 17.1 Å². The van der Waals surface area contributed by atoms with Gasteiger partial charge in [0.05, 0.1) is 0 Å². The van der Waals surface area contributed by atoms with Gasteiger partial charge in [-0.15, -0.1) is 0 Å². The van der Waals surface area contributed by atoms with E-state index in [1.165, 1.54) is 51.4 Å². The van der Waals surface area contributed by atoms with Crippen molar-refractivity contribution in [2.75, 3.05) is 0 Å². The van der Waals surface area contributed by atoms with Gasteiger partial charge in [-0.05, 0) is 6.42 Å². The second-order valence-electron chi connectivity index (χ2n) is 3.78. The summed E-state index contributed by atoms with van der Waals surface area (Å²) in [5.74, 6) is 0. The van der Waals surface area contributed by atoms with Crippen LogP contribution in [0.3, 0.4) is 0 Å². The molecule has 1 nitrogen and oxygen atoms in total. The van der Waals surface area contributed by atoms with Gasteiger partial charge in [-0.1, -0.05) is 58.3 Å². The van der Waals surface area contributed by atoms with Crippen LogP contribution in [0.1, 0.15) is 71.1 Å². The predicted octanol–water partition coefficient (Wildman–Crippen LogP) is 4.19. The molecule has 4 radical (unpaired) electrons. The molecule has 0 bridgehead atoms. The quantitative estimate of drug-likeness (QED) is 0.378. The molecule has 0 aliphatic heterocycles. The van der Waals surface area contributed by atoms with E-state index < -0.39 is 0 Å². The van der Waals surface area contributed by atoms with Gasteiger partial charge in [0.2, 0.25) is 0 Å². The Morgan fingerprint density at radius 2 is 1.21 bits per heavy atom. The third-order valence-corrected chi connectivity index (χ3v) is 2.43. The fourth-order valence-corrected chi connectivity index (χ4v) is 1.54. The summed E-state index contributed by atoms with van der Waals surface area (Å²) in [4.78, 5) is 10.0. The summed E-state index contributed by atoms with van der Waals surface area (Å²) in [6, 6.07) is 0. The molecule has 0 saturated heterocycles. The molecule has 0 aliphatic rings. The van der Waals surface area contributed by atoms with Crippen molar-refractivity contribution in [3.05, 3.63) is 7.43 Å². The molecule has 0 rings (SSSR count). The molecule has 0 fully saturated rings. The first-order valence-corrected chi connectivity index (χ1v) is 5.85. The zero-order chi connectivity index (χ0) is 9.78. The van der Waals surface area contributed by atoms with Crippen LogP contribution in [0.4, 0.5) is 0 Å². The molecule has 0 aliphatic carbocycles. The zero-order valence-electron chi connectivity index (χ0n) is 9.56. The second-order valence-corrected chi connectivity index (χ2v) is 3.78. The van der Waals surface area contributed by atoms with Crippen molar-refractivity contribution >= 4 is 6.29 Å².